The largest absolute Gasteiger partial charge is 0.493 e. The Labute approximate surface area is 170 Å². The number of carbonyl (C=O) groups excluding carboxylic acids is 1. The summed E-state index contributed by atoms with van der Waals surface area (Å²) in [6.07, 6.45) is 4.27. The quantitative estimate of drug-likeness (QED) is 0.581. The van der Waals surface area contributed by atoms with Crippen LogP contribution in [0.4, 0.5) is 0 Å². The Balaban J connectivity index is 1.47. The van der Waals surface area contributed by atoms with E-state index in [0.717, 1.165) is 36.6 Å². The van der Waals surface area contributed by atoms with E-state index in [1.54, 1.807) is 23.2 Å². The van der Waals surface area contributed by atoms with Gasteiger partial charge in [0, 0.05) is 25.3 Å². The lowest BCUT2D eigenvalue weighted by Gasteiger charge is -2.22. The molecule has 1 fully saturated rings. The second-order valence-electron chi connectivity index (χ2n) is 7.15. The van der Waals surface area contributed by atoms with Gasteiger partial charge in [-0.05, 0) is 48.4 Å². The molecule has 0 aliphatic carbocycles. The van der Waals surface area contributed by atoms with Gasteiger partial charge in [-0.25, -0.2) is 0 Å². The highest BCUT2D eigenvalue weighted by atomic mass is 16.5. The summed E-state index contributed by atoms with van der Waals surface area (Å²) < 4.78 is 16.7. The van der Waals surface area contributed by atoms with E-state index in [1.165, 1.54) is 6.26 Å². The first-order valence-corrected chi connectivity index (χ1v) is 9.80. The summed E-state index contributed by atoms with van der Waals surface area (Å²) in [5.74, 6) is 1.39. The van der Waals surface area contributed by atoms with Gasteiger partial charge >= 0.3 is 0 Å². The first kappa shape index (κ1) is 19.2. The molecule has 150 valence electrons. The van der Waals surface area contributed by atoms with Crippen LogP contribution in [-0.2, 0) is 17.8 Å². The van der Waals surface area contributed by atoms with Crippen molar-refractivity contribution in [2.45, 2.75) is 19.5 Å². The first-order valence-electron chi connectivity index (χ1n) is 9.80. The van der Waals surface area contributed by atoms with Gasteiger partial charge in [0.25, 0.3) is 5.91 Å². The van der Waals surface area contributed by atoms with Crippen LogP contribution in [0.2, 0.25) is 0 Å². The van der Waals surface area contributed by atoms with Crippen LogP contribution in [0.15, 0.2) is 71.5 Å². The number of pyridine rings is 1. The van der Waals surface area contributed by atoms with Gasteiger partial charge in [0.05, 0.1) is 31.7 Å². The molecule has 1 aliphatic heterocycles. The molecule has 1 aromatic carbocycles. The number of hydrogen-bond acceptors (Lipinski definition) is 5. The number of carbonyl (C=O) groups is 1. The SMILES string of the molecule is O=C(c1ccco1)N(Cc1cccc(OC[C@@H]2CCOC2)c1)Cc1ccccn1. The molecule has 1 amide bonds. The molecule has 4 rings (SSSR count). The lowest BCUT2D eigenvalue weighted by atomic mass is 10.1. The summed E-state index contributed by atoms with van der Waals surface area (Å²) >= 11 is 0. The molecular weight excluding hydrogens is 368 g/mol. The Morgan fingerprint density at radius 2 is 2.10 bits per heavy atom. The van der Waals surface area contributed by atoms with E-state index in [-0.39, 0.29) is 5.91 Å². The zero-order valence-corrected chi connectivity index (χ0v) is 16.2. The van der Waals surface area contributed by atoms with Crippen LogP contribution in [0.3, 0.4) is 0 Å². The predicted molar refractivity (Wildman–Crippen MR) is 107 cm³/mol. The van der Waals surface area contributed by atoms with E-state index < -0.39 is 0 Å². The van der Waals surface area contributed by atoms with Crippen LogP contribution >= 0.6 is 0 Å². The van der Waals surface area contributed by atoms with E-state index in [4.69, 9.17) is 13.9 Å². The zero-order chi connectivity index (χ0) is 19.9. The van der Waals surface area contributed by atoms with Crippen LogP contribution < -0.4 is 4.74 Å². The van der Waals surface area contributed by atoms with Crippen LogP contribution in [0.1, 0.15) is 28.2 Å². The molecule has 0 saturated carbocycles. The van der Waals surface area contributed by atoms with Crippen LogP contribution in [0.5, 0.6) is 5.75 Å². The Hall–Kier alpha value is -3.12. The van der Waals surface area contributed by atoms with Crippen molar-refractivity contribution in [3.05, 3.63) is 84.1 Å². The van der Waals surface area contributed by atoms with Crippen LogP contribution in [0.25, 0.3) is 0 Å². The van der Waals surface area contributed by atoms with Gasteiger partial charge in [0.2, 0.25) is 0 Å². The van der Waals surface area contributed by atoms with Crippen molar-refractivity contribution in [3.63, 3.8) is 0 Å². The van der Waals surface area contributed by atoms with Crippen molar-refractivity contribution in [2.75, 3.05) is 19.8 Å². The number of ether oxygens (including phenoxy) is 2. The Morgan fingerprint density at radius 1 is 1.14 bits per heavy atom. The maximum atomic E-state index is 13.0. The molecule has 1 saturated heterocycles. The molecule has 1 aliphatic rings. The summed E-state index contributed by atoms with van der Waals surface area (Å²) in [6, 6.07) is 16.9. The number of amides is 1. The minimum Gasteiger partial charge on any atom is -0.493 e. The monoisotopic (exact) mass is 392 g/mol. The average Bonchev–Trinajstić information content (AvgIpc) is 3.47. The van der Waals surface area contributed by atoms with Crippen LogP contribution in [-0.4, -0.2) is 35.6 Å². The maximum Gasteiger partial charge on any atom is 0.290 e. The summed E-state index contributed by atoms with van der Waals surface area (Å²) in [7, 11) is 0. The second kappa shape index (κ2) is 9.39. The molecule has 0 bridgehead atoms. The Morgan fingerprint density at radius 3 is 2.86 bits per heavy atom. The van der Waals surface area contributed by atoms with E-state index in [0.29, 0.717) is 31.4 Å². The van der Waals surface area contributed by atoms with Crippen molar-refractivity contribution >= 4 is 5.91 Å². The second-order valence-corrected chi connectivity index (χ2v) is 7.15. The first-order chi connectivity index (χ1) is 14.3. The third-order valence-electron chi connectivity index (χ3n) is 4.88. The minimum atomic E-state index is -0.171. The molecule has 0 radical (unpaired) electrons. The summed E-state index contributed by atoms with van der Waals surface area (Å²) in [5.41, 5.74) is 1.81. The molecule has 0 unspecified atom stereocenters. The van der Waals surface area contributed by atoms with Gasteiger partial charge in [-0.3, -0.25) is 9.78 Å². The number of rotatable bonds is 8. The Bertz CT molecular complexity index is 906. The molecule has 0 spiro atoms. The van der Waals surface area contributed by atoms with E-state index in [9.17, 15) is 4.79 Å². The van der Waals surface area contributed by atoms with Gasteiger partial charge in [-0.15, -0.1) is 0 Å². The highest BCUT2D eigenvalue weighted by Gasteiger charge is 2.20. The van der Waals surface area contributed by atoms with Crippen molar-refractivity contribution in [1.29, 1.82) is 0 Å². The zero-order valence-electron chi connectivity index (χ0n) is 16.2. The normalized spacial score (nSPS) is 15.9. The fourth-order valence-electron chi connectivity index (χ4n) is 3.33. The fraction of sp³-hybridized carbons (Fsp3) is 0.304. The topological polar surface area (TPSA) is 64.8 Å². The van der Waals surface area contributed by atoms with E-state index in [2.05, 4.69) is 4.98 Å². The standard InChI is InChI=1S/C23H24N2O4/c26-23(22-8-4-11-28-22)25(15-20-6-1-2-10-24-20)14-18-5-3-7-21(13-18)29-17-19-9-12-27-16-19/h1-8,10-11,13,19H,9,12,14-17H2/t19-/m1/s1. The fourth-order valence-corrected chi connectivity index (χ4v) is 3.33. The van der Waals surface area contributed by atoms with E-state index >= 15 is 0 Å². The third-order valence-corrected chi connectivity index (χ3v) is 4.88. The van der Waals surface area contributed by atoms with Crippen molar-refractivity contribution in [3.8, 4) is 5.75 Å². The molecule has 1 atom stereocenters. The van der Waals surface area contributed by atoms with Gasteiger partial charge < -0.3 is 18.8 Å². The van der Waals surface area contributed by atoms with Crippen LogP contribution in [0, 0.1) is 5.92 Å². The number of benzene rings is 1. The summed E-state index contributed by atoms with van der Waals surface area (Å²) in [6.45, 7) is 3.04. The van der Waals surface area contributed by atoms with Crippen molar-refractivity contribution in [1.82, 2.24) is 9.88 Å². The highest BCUT2D eigenvalue weighted by Crippen LogP contribution is 2.20. The molecule has 6 heteroatoms. The Kier molecular flexibility index (Phi) is 6.22. The van der Waals surface area contributed by atoms with E-state index in [1.807, 2.05) is 42.5 Å². The highest BCUT2D eigenvalue weighted by molar-refractivity contribution is 5.91. The molecule has 0 N–H and O–H groups in total. The maximum absolute atomic E-state index is 13.0. The van der Waals surface area contributed by atoms with Crippen molar-refractivity contribution in [2.24, 2.45) is 5.92 Å². The molecule has 29 heavy (non-hydrogen) atoms. The molecule has 3 heterocycles. The molecule has 3 aromatic rings. The summed E-state index contributed by atoms with van der Waals surface area (Å²) in [4.78, 5) is 19.0. The number of hydrogen-bond donors (Lipinski definition) is 0. The lowest BCUT2D eigenvalue weighted by molar-refractivity contribution is 0.0695. The van der Waals surface area contributed by atoms with Gasteiger partial charge in [-0.1, -0.05) is 18.2 Å². The van der Waals surface area contributed by atoms with Gasteiger partial charge in [0.15, 0.2) is 5.76 Å². The van der Waals surface area contributed by atoms with Crippen molar-refractivity contribution < 1.29 is 18.7 Å². The van der Waals surface area contributed by atoms with Gasteiger partial charge in [0.1, 0.15) is 5.75 Å². The average molecular weight is 392 g/mol. The molecule has 6 nitrogen and oxygen atoms in total. The lowest BCUT2D eigenvalue weighted by Crippen LogP contribution is -2.30. The summed E-state index contributed by atoms with van der Waals surface area (Å²) in [5, 5.41) is 0. The number of nitrogens with zero attached hydrogens (tertiary/aromatic N) is 2. The number of aromatic nitrogens is 1. The molecular formula is C23H24N2O4. The number of furan rings is 1. The van der Waals surface area contributed by atoms with Gasteiger partial charge in [-0.2, -0.15) is 0 Å². The minimum absolute atomic E-state index is 0.171. The third kappa shape index (κ3) is 5.23. The smallest absolute Gasteiger partial charge is 0.290 e. The molecule has 2 aromatic heterocycles. The predicted octanol–water partition coefficient (Wildman–Crippen LogP) is 3.93.